The van der Waals surface area contributed by atoms with Crippen LogP contribution in [0.15, 0.2) is 16.7 Å². The van der Waals surface area contributed by atoms with Gasteiger partial charge in [0.2, 0.25) is 5.91 Å². The molecule has 1 aliphatic rings. The van der Waals surface area contributed by atoms with Gasteiger partial charge in [-0.3, -0.25) is 4.79 Å². The van der Waals surface area contributed by atoms with E-state index in [1.807, 2.05) is 0 Å². The molecule has 0 aromatic carbocycles. The number of carboxylic acids is 1. The first-order chi connectivity index (χ1) is 9.79. The van der Waals surface area contributed by atoms with Crippen LogP contribution in [0.1, 0.15) is 56.2 Å². The molecule has 116 valence electrons. The molecule has 1 unspecified atom stereocenters. The van der Waals surface area contributed by atoms with Gasteiger partial charge in [-0.1, -0.05) is 20.8 Å². The van der Waals surface area contributed by atoms with Crippen LogP contribution < -0.4 is 0 Å². The van der Waals surface area contributed by atoms with Gasteiger partial charge in [-0.2, -0.15) is 0 Å². The summed E-state index contributed by atoms with van der Waals surface area (Å²) in [4.78, 5) is 25.0. The first-order valence-electron chi connectivity index (χ1n) is 7.36. The van der Waals surface area contributed by atoms with Crippen molar-refractivity contribution in [1.29, 1.82) is 0 Å². The number of likely N-dealkylation sites (tertiary alicyclic amines) is 1. The van der Waals surface area contributed by atoms with E-state index in [4.69, 9.17) is 9.52 Å². The zero-order valence-corrected chi connectivity index (χ0v) is 12.9. The second kappa shape index (κ2) is 5.92. The molecule has 5 heteroatoms. The highest BCUT2D eigenvalue weighted by molar-refractivity contribution is 5.88. The van der Waals surface area contributed by atoms with E-state index in [0.29, 0.717) is 24.6 Å². The van der Waals surface area contributed by atoms with Crippen molar-refractivity contribution >= 4 is 11.9 Å². The second-order valence-electron chi connectivity index (χ2n) is 6.77. The van der Waals surface area contributed by atoms with Gasteiger partial charge in [-0.05, 0) is 30.2 Å². The van der Waals surface area contributed by atoms with Crippen LogP contribution in [-0.2, 0) is 11.3 Å². The number of amides is 1. The third-order valence-electron chi connectivity index (χ3n) is 4.34. The van der Waals surface area contributed by atoms with Gasteiger partial charge in [0.1, 0.15) is 11.3 Å². The van der Waals surface area contributed by atoms with Crippen molar-refractivity contribution in [3.05, 3.63) is 23.7 Å². The summed E-state index contributed by atoms with van der Waals surface area (Å²) < 4.78 is 5.24. The molecule has 1 saturated heterocycles. The fourth-order valence-corrected chi connectivity index (χ4v) is 2.90. The predicted molar refractivity (Wildman–Crippen MR) is 77.9 cm³/mol. The van der Waals surface area contributed by atoms with Crippen molar-refractivity contribution in [1.82, 2.24) is 4.90 Å². The van der Waals surface area contributed by atoms with E-state index in [9.17, 15) is 9.59 Å². The first kappa shape index (κ1) is 15.6. The van der Waals surface area contributed by atoms with Crippen molar-refractivity contribution in [3.8, 4) is 0 Å². The number of nitrogens with zero attached hydrogens (tertiary/aromatic N) is 1. The molecule has 0 bridgehead atoms. The fraction of sp³-hybridized carbons (Fsp3) is 0.625. The molecule has 1 atom stereocenters. The molecule has 1 aliphatic heterocycles. The van der Waals surface area contributed by atoms with Crippen molar-refractivity contribution in [2.75, 3.05) is 6.54 Å². The van der Waals surface area contributed by atoms with E-state index in [0.717, 1.165) is 12.8 Å². The Bertz CT molecular complexity index is 527. The van der Waals surface area contributed by atoms with E-state index in [-0.39, 0.29) is 23.4 Å². The molecule has 5 nitrogen and oxygen atoms in total. The average molecular weight is 293 g/mol. The lowest BCUT2D eigenvalue weighted by atomic mass is 9.77. The molecule has 2 heterocycles. The number of furan rings is 1. The molecule has 0 radical (unpaired) electrons. The molecule has 1 N–H and O–H groups in total. The molecule has 0 aliphatic carbocycles. The lowest BCUT2D eigenvalue weighted by Gasteiger charge is -2.29. The molecule has 1 amide bonds. The lowest BCUT2D eigenvalue weighted by Crippen LogP contribution is -2.30. The zero-order valence-electron chi connectivity index (χ0n) is 12.9. The average Bonchev–Trinajstić information content (AvgIpc) is 2.75. The lowest BCUT2D eigenvalue weighted by molar-refractivity contribution is -0.131. The molecule has 0 spiro atoms. The van der Waals surface area contributed by atoms with Gasteiger partial charge >= 0.3 is 5.97 Å². The topological polar surface area (TPSA) is 70.8 Å². The maximum Gasteiger partial charge on any atom is 0.339 e. The van der Waals surface area contributed by atoms with Gasteiger partial charge < -0.3 is 14.4 Å². The first-order valence-corrected chi connectivity index (χ1v) is 7.36. The third kappa shape index (κ3) is 3.65. The van der Waals surface area contributed by atoms with Gasteiger partial charge in [0.05, 0.1) is 12.8 Å². The highest BCUT2D eigenvalue weighted by atomic mass is 16.4. The number of hydrogen-bond acceptors (Lipinski definition) is 3. The number of carbonyl (C=O) groups excluding carboxylic acids is 1. The SMILES string of the molecule is CC(C)(C)C1CCC(=O)N(Cc2occc2C(=O)O)CC1. The van der Waals surface area contributed by atoms with Crippen LogP contribution in [0, 0.1) is 11.3 Å². The van der Waals surface area contributed by atoms with Crippen molar-refractivity contribution in [3.63, 3.8) is 0 Å². The molecular formula is C16H23NO4. The van der Waals surface area contributed by atoms with E-state index < -0.39 is 5.97 Å². The Morgan fingerprint density at radius 1 is 1.43 bits per heavy atom. The molecule has 1 aromatic heterocycles. The Kier molecular flexibility index (Phi) is 4.40. The molecule has 0 saturated carbocycles. The van der Waals surface area contributed by atoms with Crippen molar-refractivity contribution in [2.24, 2.45) is 11.3 Å². The van der Waals surface area contributed by atoms with Crippen LogP contribution in [-0.4, -0.2) is 28.4 Å². The van der Waals surface area contributed by atoms with E-state index >= 15 is 0 Å². The van der Waals surface area contributed by atoms with Crippen molar-refractivity contribution < 1.29 is 19.1 Å². The number of aromatic carboxylic acids is 1. The van der Waals surface area contributed by atoms with Crippen LogP contribution in [0.25, 0.3) is 0 Å². The summed E-state index contributed by atoms with van der Waals surface area (Å²) >= 11 is 0. The number of hydrogen-bond donors (Lipinski definition) is 1. The van der Waals surface area contributed by atoms with Gasteiger partial charge in [0.25, 0.3) is 0 Å². The smallest absolute Gasteiger partial charge is 0.339 e. The summed E-state index contributed by atoms with van der Waals surface area (Å²) in [5, 5.41) is 9.09. The zero-order chi connectivity index (χ0) is 15.6. The van der Waals surface area contributed by atoms with Gasteiger partial charge in [0.15, 0.2) is 0 Å². The minimum absolute atomic E-state index is 0.0782. The molecule has 2 rings (SSSR count). The van der Waals surface area contributed by atoms with Crippen molar-refractivity contribution in [2.45, 2.75) is 46.6 Å². The fourth-order valence-electron chi connectivity index (χ4n) is 2.90. The van der Waals surface area contributed by atoms with Crippen LogP contribution in [0.3, 0.4) is 0 Å². The maximum absolute atomic E-state index is 12.2. The summed E-state index contributed by atoms with van der Waals surface area (Å²) in [5.41, 5.74) is 0.326. The van der Waals surface area contributed by atoms with E-state index in [2.05, 4.69) is 20.8 Å². The summed E-state index contributed by atoms with van der Waals surface area (Å²) in [6.45, 7) is 7.50. The predicted octanol–water partition coefficient (Wildman–Crippen LogP) is 3.15. The highest BCUT2D eigenvalue weighted by Crippen LogP contribution is 2.34. The summed E-state index contributed by atoms with van der Waals surface area (Å²) in [5.74, 6) is -0.0878. The Hall–Kier alpha value is -1.78. The third-order valence-corrected chi connectivity index (χ3v) is 4.34. The normalized spacial score (nSPS) is 20.4. The largest absolute Gasteiger partial charge is 0.478 e. The summed E-state index contributed by atoms with van der Waals surface area (Å²) in [6, 6.07) is 1.43. The van der Waals surface area contributed by atoms with Gasteiger partial charge in [-0.15, -0.1) is 0 Å². The molecular weight excluding hydrogens is 270 g/mol. The second-order valence-corrected chi connectivity index (χ2v) is 6.77. The van der Waals surface area contributed by atoms with Gasteiger partial charge in [0, 0.05) is 13.0 Å². The summed E-state index contributed by atoms with van der Waals surface area (Å²) in [6.07, 6.45) is 3.71. The number of carboxylic acid groups (broad SMARTS) is 1. The monoisotopic (exact) mass is 293 g/mol. The quantitative estimate of drug-likeness (QED) is 0.929. The minimum atomic E-state index is -1.02. The van der Waals surface area contributed by atoms with Crippen LogP contribution >= 0.6 is 0 Å². The Morgan fingerprint density at radius 2 is 2.14 bits per heavy atom. The number of carbonyl (C=O) groups is 2. The molecule has 1 fully saturated rings. The van der Waals surface area contributed by atoms with Gasteiger partial charge in [-0.25, -0.2) is 4.79 Å². The standard InChI is InChI=1S/C16H23NO4/c1-16(2,3)11-4-5-14(18)17(8-6-11)10-13-12(15(19)20)7-9-21-13/h7,9,11H,4-6,8,10H2,1-3H3,(H,19,20). The van der Waals surface area contributed by atoms with Crippen LogP contribution in [0.2, 0.25) is 0 Å². The van der Waals surface area contributed by atoms with E-state index in [1.54, 1.807) is 4.90 Å². The summed E-state index contributed by atoms with van der Waals surface area (Å²) in [7, 11) is 0. The van der Waals surface area contributed by atoms with Crippen LogP contribution in [0.4, 0.5) is 0 Å². The molecule has 21 heavy (non-hydrogen) atoms. The van der Waals surface area contributed by atoms with E-state index in [1.165, 1.54) is 12.3 Å². The number of rotatable bonds is 3. The maximum atomic E-state index is 12.2. The highest BCUT2D eigenvalue weighted by Gasteiger charge is 2.30. The Balaban J connectivity index is 2.08. The molecule has 1 aromatic rings. The Morgan fingerprint density at radius 3 is 2.76 bits per heavy atom. The van der Waals surface area contributed by atoms with Crippen LogP contribution in [0.5, 0.6) is 0 Å². The Labute approximate surface area is 124 Å². The minimum Gasteiger partial charge on any atom is -0.478 e.